The van der Waals surface area contributed by atoms with E-state index in [9.17, 15) is 28.2 Å². The van der Waals surface area contributed by atoms with Crippen LogP contribution in [0.5, 0.6) is 0 Å². The predicted octanol–water partition coefficient (Wildman–Crippen LogP) is 1.06. The molecule has 4 nitrogen and oxygen atoms in total. The number of carbonyl (C=O) groups excluding carboxylic acids is 1. The van der Waals surface area contributed by atoms with E-state index in [1.165, 1.54) is 4.90 Å². The van der Waals surface area contributed by atoms with Gasteiger partial charge in [-0.1, -0.05) is 0 Å². The summed E-state index contributed by atoms with van der Waals surface area (Å²) < 4.78 is 36.1. The van der Waals surface area contributed by atoms with E-state index in [4.69, 9.17) is 0 Å². The van der Waals surface area contributed by atoms with Crippen LogP contribution in [0.1, 0.15) is 32.1 Å². The van der Waals surface area contributed by atoms with Crippen LogP contribution in [0.4, 0.5) is 13.2 Å². The minimum absolute atomic E-state index is 0.310. The first-order valence-electron chi connectivity index (χ1n) is 6.45. The van der Waals surface area contributed by atoms with Gasteiger partial charge in [0.1, 0.15) is 0 Å². The number of carbonyl (C=O) groups is 1. The van der Waals surface area contributed by atoms with Gasteiger partial charge in [0.05, 0.1) is 18.6 Å². The number of hydrogen-bond donors (Lipinski definition) is 2. The molecule has 1 saturated carbocycles. The lowest BCUT2D eigenvalue weighted by Gasteiger charge is -2.55. The summed E-state index contributed by atoms with van der Waals surface area (Å²) in [6.45, 7) is 0.621. The molecule has 1 aliphatic carbocycles. The molecule has 2 rings (SSSR count). The zero-order chi connectivity index (χ0) is 14.3. The molecule has 1 saturated heterocycles. The molecule has 19 heavy (non-hydrogen) atoms. The van der Waals surface area contributed by atoms with Crippen LogP contribution in [0.3, 0.4) is 0 Å². The molecule has 1 aliphatic heterocycles. The number of halogens is 3. The average Bonchev–Trinajstić information content (AvgIpc) is 2.35. The van der Waals surface area contributed by atoms with Crippen LogP contribution in [0, 0.1) is 5.41 Å². The number of piperidine rings is 1. The van der Waals surface area contributed by atoms with Gasteiger partial charge in [-0.15, -0.1) is 0 Å². The van der Waals surface area contributed by atoms with Crippen LogP contribution in [-0.4, -0.2) is 52.5 Å². The van der Waals surface area contributed by atoms with Crippen LogP contribution in [0.25, 0.3) is 0 Å². The Morgan fingerprint density at radius 1 is 1.21 bits per heavy atom. The first-order chi connectivity index (χ1) is 8.74. The Labute approximate surface area is 109 Å². The minimum atomic E-state index is -4.31. The minimum Gasteiger partial charge on any atom is -0.392 e. The monoisotopic (exact) mass is 281 g/mol. The maximum absolute atomic E-state index is 12.0. The number of aliphatic hydroxyl groups is 2. The normalized spacial score (nSPS) is 30.3. The molecule has 110 valence electrons. The lowest BCUT2D eigenvalue weighted by molar-refractivity contribution is -0.192. The predicted molar refractivity (Wildman–Crippen MR) is 60.2 cm³/mol. The van der Waals surface area contributed by atoms with Crippen LogP contribution < -0.4 is 0 Å². The summed E-state index contributed by atoms with van der Waals surface area (Å²) >= 11 is 0. The van der Waals surface area contributed by atoms with E-state index >= 15 is 0 Å². The van der Waals surface area contributed by atoms with Crippen LogP contribution >= 0.6 is 0 Å². The van der Waals surface area contributed by atoms with Crippen molar-refractivity contribution in [1.82, 2.24) is 4.90 Å². The van der Waals surface area contributed by atoms with Crippen molar-refractivity contribution in [2.24, 2.45) is 5.41 Å². The van der Waals surface area contributed by atoms with Gasteiger partial charge < -0.3 is 15.1 Å². The van der Waals surface area contributed by atoms with Crippen molar-refractivity contribution in [2.75, 3.05) is 13.1 Å². The fraction of sp³-hybridized carbons (Fsp3) is 0.917. The van der Waals surface area contributed by atoms with Crippen LogP contribution in [-0.2, 0) is 4.79 Å². The van der Waals surface area contributed by atoms with Crippen molar-refractivity contribution < 1.29 is 28.2 Å². The molecule has 2 N–H and O–H groups in total. The first kappa shape index (κ1) is 14.6. The summed E-state index contributed by atoms with van der Waals surface area (Å²) in [4.78, 5) is 13.0. The molecule has 1 amide bonds. The third kappa shape index (κ3) is 2.86. The molecular weight excluding hydrogens is 263 g/mol. The number of likely N-dealkylation sites (tertiary alicyclic amines) is 1. The molecule has 1 spiro atoms. The van der Waals surface area contributed by atoms with Crippen molar-refractivity contribution in [1.29, 1.82) is 0 Å². The summed E-state index contributed by atoms with van der Waals surface area (Å²) in [5, 5.41) is 19.4. The highest BCUT2D eigenvalue weighted by Crippen LogP contribution is 2.49. The zero-order valence-electron chi connectivity index (χ0n) is 10.5. The number of hydrogen-bond acceptors (Lipinski definition) is 3. The average molecular weight is 281 g/mol. The lowest BCUT2D eigenvalue weighted by atomic mass is 9.58. The van der Waals surface area contributed by atoms with Crippen molar-refractivity contribution >= 4 is 5.91 Å². The molecule has 0 unspecified atom stereocenters. The number of amides is 1. The van der Waals surface area contributed by atoms with E-state index in [1.54, 1.807) is 0 Å². The van der Waals surface area contributed by atoms with Gasteiger partial charge in [0, 0.05) is 31.3 Å². The summed E-state index contributed by atoms with van der Waals surface area (Å²) in [6.07, 6.45) is -5.81. The molecule has 0 aromatic rings. The quantitative estimate of drug-likeness (QED) is 0.795. The summed E-state index contributed by atoms with van der Waals surface area (Å²) in [5.74, 6) is -0.504. The van der Waals surface area contributed by atoms with Gasteiger partial charge in [-0.3, -0.25) is 4.79 Å². The van der Waals surface area contributed by atoms with E-state index in [0.717, 1.165) is 0 Å². The van der Waals surface area contributed by atoms with E-state index in [2.05, 4.69) is 0 Å². The van der Waals surface area contributed by atoms with Gasteiger partial charge in [0.2, 0.25) is 5.91 Å². The number of aliphatic hydroxyl groups excluding tert-OH is 2. The molecule has 1 heterocycles. The molecule has 0 aromatic heterocycles. The first-order valence-corrected chi connectivity index (χ1v) is 6.45. The molecule has 2 atom stereocenters. The van der Waals surface area contributed by atoms with E-state index < -0.39 is 42.5 Å². The fourth-order valence-electron chi connectivity index (χ4n) is 2.99. The topological polar surface area (TPSA) is 60.8 Å². The second-order valence-corrected chi connectivity index (χ2v) is 5.50. The van der Waals surface area contributed by atoms with Gasteiger partial charge in [-0.05, 0) is 12.8 Å². The zero-order valence-corrected chi connectivity index (χ0v) is 10.5. The lowest BCUT2D eigenvalue weighted by Crippen LogP contribution is -2.61. The Morgan fingerprint density at radius 2 is 1.74 bits per heavy atom. The number of alkyl halides is 3. The highest BCUT2D eigenvalue weighted by molar-refractivity contribution is 5.76. The van der Waals surface area contributed by atoms with Crippen molar-refractivity contribution in [3.63, 3.8) is 0 Å². The van der Waals surface area contributed by atoms with Crippen molar-refractivity contribution in [2.45, 2.75) is 50.5 Å². The fourth-order valence-corrected chi connectivity index (χ4v) is 2.99. The third-order valence-corrected chi connectivity index (χ3v) is 4.44. The van der Waals surface area contributed by atoms with Crippen molar-refractivity contribution in [3.05, 3.63) is 0 Å². The highest BCUT2D eigenvalue weighted by Gasteiger charge is 2.55. The molecule has 2 aliphatic rings. The molecule has 0 radical (unpaired) electrons. The van der Waals surface area contributed by atoms with E-state index in [-0.39, 0.29) is 0 Å². The van der Waals surface area contributed by atoms with Gasteiger partial charge in [-0.2, -0.15) is 13.2 Å². The van der Waals surface area contributed by atoms with Gasteiger partial charge in [0.15, 0.2) is 0 Å². The molecule has 7 heteroatoms. The molecule has 2 fully saturated rings. The van der Waals surface area contributed by atoms with Crippen LogP contribution in [0.15, 0.2) is 0 Å². The smallest absolute Gasteiger partial charge is 0.389 e. The summed E-state index contributed by atoms with van der Waals surface area (Å²) in [7, 11) is 0. The van der Waals surface area contributed by atoms with Gasteiger partial charge >= 0.3 is 6.18 Å². The van der Waals surface area contributed by atoms with E-state index in [0.29, 0.717) is 32.4 Å². The SMILES string of the molecule is O=C(CCC(F)(F)F)N1CCC2(CC1)[C@H](O)C[C@@H]2O. The Kier molecular flexibility index (Phi) is 3.79. The second kappa shape index (κ2) is 4.94. The Hall–Kier alpha value is -0.820. The molecule has 0 aromatic carbocycles. The molecule has 0 bridgehead atoms. The van der Waals surface area contributed by atoms with E-state index in [1.807, 2.05) is 0 Å². The maximum atomic E-state index is 12.0. The summed E-state index contributed by atoms with van der Waals surface area (Å²) in [6, 6.07) is 0. The van der Waals surface area contributed by atoms with Crippen LogP contribution in [0.2, 0.25) is 0 Å². The maximum Gasteiger partial charge on any atom is 0.389 e. The Bertz CT molecular complexity index is 341. The molecular formula is C12H18F3NO3. The summed E-state index contributed by atoms with van der Waals surface area (Å²) in [5.41, 5.74) is -0.541. The Balaban J connectivity index is 1.82. The highest BCUT2D eigenvalue weighted by atomic mass is 19.4. The largest absolute Gasteiger partial charge is 0.392 e. The second-order valence-electron chi connectivity index (χ2n) is 5.50. The van der Waals surface area contributed by atoms with Crippen molar-refractivity contribution in [3.8, 4) is 0 Å². The van der Waals surface area contributed by atoms with Gasteiger partial charge in [0.25, 0.3) is 0 Å². The number of rotatable bonds is 2. The standard InChI is InChI=1S/C12H18F3NO3/c13-12(14,15)2-1-10(19)16-5-3-11(4-6-16)8(17)7-9(11)18/h8-9,17-18H,1-7H2/t8-,9+. The Morgan fingerprint density at radius 3 is 2.16 bits per heavy atom. The van der Waals surface area contributed by atoms with Gasteiger partial charge in [-0.25, -0.2) is 0 Å². The third-order valence-electron chi connectivity index (χ3n) is 4.44. The number of nitrogens with zero attached hydrogens (tertiary/aromatic N) is 1.